The van der Waals surface area contributed by atoms with Crippen molar-refractivity contribution in [2.45, 2.75) is 31.8 Å². The lowest BCUT2D eigenvalue weighted by molar-refractivity contribution is -0.388. The maximum absolute atomic E-state index is 11.3. The van der Waals surface area contributed by atoms with Crippen molar-refractivity contribution in [2.24, 2.45) is 0 Å². The van der Waals surface area contributed by atoms with Gasteiger partial charge in [-0.05, 0) is 20.8 Å². The molecule has 0 saturated carbocycles. The highest BCUT2D eigenvalue weighted by atomic mass is 35.7. The Hall–Kier alpha value is -1.15. The van der Waals surface area contributed by atoms with Gasteiger partial charge in [0.1, 0.15) is 5.69 Å². The molecule has 1 aromatic rings. The van der Waals surface area contributed by atoms with Crippen LogP contribution < -0.4 is 0 Å². The maximum Gasteiger partial charge on any atom is 0.330 e. The third-order valence-corrected chi connectivity index (χ3v) is 3.19. The van der Waals surface area contributed by atoms with Crippen molar-refractivity contribution in [3.63, 3.8) is 0 Å². The van der Waals surface area contributed by atoms with Gasteiger partial charge in [-0.1, -0.05) is 0 Å². The highest BCUT2D eigenvalue weighted by Gasteiger charge is 2.34. The predicted octanol–water partition coefficient (Wildman–Crippen LogP) is 1.61. The van der Waals surface area contributed by atoms with E-state index in [0.717, 1.165) is 4.68 Å². The molecule has 0 aromatic carbocycles. The van der Waals surface area contributed by atoms with E-state index in [9.17, 15) is 18.5 Å². The molecule has 0 aliphatic carbocycles. The summed E-state index contributed by atoms with van der Waals surface area (Å²) in [6.07, 6.45) is 0. The summed E-state index contributed by atoms with van der Waals surface area (Å²) in [5.41, 5.74) is -0.540. The van der Waals surface area contributed by atoms with Crippen LogP contribution >= 0.6 is 10.7 Å². The Labute approximate surface area is 96.6 Å². The zero-order chi connectivity index (χ0) is 12.7. The van der Waals surface area contributed by atoms with Gasteiger partial charge >= 0.3 is 5.69 Å². The van der Waals surface area contributed by atoms with Crippen molar-refractivity contribution in [2.75, 3.05) is 0 Å². The number of nitrogens with zero attached hydrogens (tertiary/aromatic N) is 3. The molecule has 1 heterocycles. The number of halogens is 1. The van der Waals surface area contributed by atoms with E-state index >= 15 is 0 Å². The summed E-state index contributed by atoms with van der Waals surface area (Å²) in [6, 6.07) is -0.337. The molecule has 0 unspecified atom stereocenters. The lowest BCUT2D eigenvalue weighted by atomic mass is 10.4. The van der Waals surface area contributed by atoms with E-state index in [-0.39, 0.29) is 11.7 Å². The summed E-state index contributed by atoms with van der Waals surface area (Å²) < 4.78 is 23.6. The van der Waals surface area contributed by atoms with Gasteiger partial charge in [-0.2, -0.15) is 5.10 Å². The zero-order valence-corrected chi connectivity index (χ0v) is 10.4. The van der Waals surface area contributed by atoms with E-state index in [1.807, 2.05) is 0 Å². The highest BCUT2D eigenvalue weighted by Crippen LogP contribution is 2.31. The second kappa shape index (κ2) is 4.02. The molecule has 1 aromatic heterocycles. The topological polar surface area (TPSA) is 95.1 Å². The molecule has 90 valence electrons. The van der Waals surface area contributed by atoms with Crippen LogP contribution in [0.15, 0.2) is 5.03 Å². The van der Waals surface area contributed by atoms with Gasteiger partial charge in [-0.25, -0.2) is 13.1 Å². The molecule has 9 heteroatoms. The van der Waals surface area contributed by atoms with Gasteiger partial charge in [0.15, 0.2) is 0 Å². The van der Waals surface area contributed by atoms with Crippen LogP contribution in [0.25, 0.3) is 0 Å². The fourth-order valence-corrected chi connectivity index (χ4v) is 2.66. The number of nitro groups is 1. The fraction of sp³-hybridized carbons (Fsp3) is 0.571. The van der Waals surface area contributed by atoms with E-state index in [1.54, 1.807) is 13.8 Å². The molecule has 0 aliphatic heterocycles. The SMILES string of the molecule is Cc1nn(C(C)C)c(S(=O)(=O)Cl)c1[N+](=O)[O-]. The molecule has 7 nitrogen and oxygen atoms in total. The molecule has 0 amide bonds. The second-order valence-corrected chi connectivity index (χ2v) is 5.95. The van der Waals surface area contributed by atoms with Gasteiger partial charge in [-0.3, -0.25) is 10.1 Å². The van der Waals surface area contributed by atoms with Crippen molar-refractivity contribution in [3.8, 4) is 0 Å². The zero-order valence-electron chi connectivity index (χ0n) is 8.84. The minimum atomic E-state index is -4.20. The summed E-state index contributed by atoms with van der Waals surface area (Å²) >= 11 is 0. The van der Waals surface area contributed by atoms with E-state index in [4.69, 9.17) is 10.7 Å². The Morgan fingerprint density at radius 1 is 1.50 bits per heavy atom. The first-order valence-corrected chi connectivity index (χ1v) is 6.65. The summed E-state index contributed by atoms with van der Waals surface area (Å²) in [5.74, 6) is 0. The number of aryl methyl sites for hydroxylation is 1. The van der Waals surface area contributed by atoms with Crippen molar-refractivity contribution >= 4 is 25.4 Å². The number of hydrogen-bond acceptors (Lipinski definition) is 5. The Morgan fingerprint density at radius 3 is 2.31 bits per heavy atom. The molecule has 0 fully saturated rings. The van der Waals surface area contributed by atoms with Gasteiger partial charge in [0.2, 0.25) is 5.03 Å². The quantitative estimate of drug-likeness (QED) is 0.471. The van der Waals surface area contributed by atoms with Gasteiger partial charge < -0.3 is 0 Å². The standard InChI is InChI=1S/C7H10ClN3O4S/c1-4(2)10-7(16(8,14)15)6(11(12)13)5(3)9-10/h4H,1-3H3. The third-order valence-electron chi connectivity index (χ3n) is 1.91. The third kappa shape index (κ3) is 2.17. The molecule has 0 saturated heterocycles. The van der Waals surface area contributed by atoms with Crippen LogP contribution in [0.5, 0.6) is 0 Å². The lowest BCUT2D eigenvalue weighted by Crippen LogP contribution is -2.10. The summed E-state index contributed by atoms with van der Waals surface area (Å²) in [5, 5.41) is 14.0. The first-order chi connectivity index (χ1) is 7.16. The highest BCUT2D eigenvalue weighted by molar-refractivity contribution is 8.13. The van der Waals surface area contributed by atoms with E-state index < -0.39 is 24.7 Å². The normalized spacial score (nSPS) is 12.1. The molecule has 0 bridgehead atoms. The minimum absolute atomic E-state index is 0.0259. The molecule has 0 N–H and O–H groups in total. The number of hydrogen-bond donors (Lipinski definition) is 0. The van der Waals surface area contributed by atoms with Gasteiger partial charge in [0, 0.05) is 16.7 Å². The van der Waals surface area contributed by atoms with Crippen LogP contribution in [0.2, 0.25) is 0 Å². The smallest absolute Gasteiger partial charge is 0.258 e. The molecule has 16 heavy (non-hydrogen) atoms. The summed E-state index contributed by atoms with van der Waals surface area (Å²) in [4.78, 5) is 9.96. The van der Waals surface area contributed by atoms with Gasteiger partial charge in [-0.15, -0.1) is 0 Å². The number of rotatable bonds is 3. The van der Waals surface area contributed by atoms with Gasteiger partial charge in [0.25, 0.3) is 9.05 Å². The molecule has 0 spiro atoms. The molecular formula is C7H10ClN3O4S. The average Bonchev–Trinajstić information content (AvgIpc) is 2.41. The van der Waals surface area contributed by atoms with Crippen molar-refractivity contribution in [1.29, 1.82) is 0 Å². The largest absolute Gasteiger partial charge is 0.330 e. The van der Waals surface area contributed by atoms with Crippen LogP contribution in [0.4, 0.5) is 5.69 Å². The fourth-order valence-electron chi connectivity index (χ4n) is 1.31. The minimum Gasteiger partial charge on any atom is -0.258 e. The average molecular weight is 268 g/mol. The first kappa shape index (κ1) is 12.9. The Morgan fingerprint density at radius 2 is 2.00 bits per heavy atom. The Bertz CT molecular complexity index is 534. The van der Waals surface area contributed by atoms with Crippen molar-refractivity contribution in [3.05, 3.63) is 15.8 Å². The van der Waals surface area contributed by atoms with Crippen LogP contribution in [0.1, 0.15) is 25.6 Å². The van der Waals surface area contributed by atoms with Crippen molar-refractivity contribution < 1.29 is 13.3 Å². The number of aromatic nitrogens is 2. The predicted molar refractivity (Wildman–Crippen MR) is 57.0 cm³/mol. The van der Waals surface area contributed by atoms with E-state index in [0.29, 0.717) is 0 Å². The van der Waals surface area contributed by atoms with Crippen molar-refractivity contribution in [1.82, 2.24) is 9.78 Å². The summed E-state index contributed by atoms with van der Waals surface area (Å²) in [6.45, 7) is 4.67. The molecule has 0 aliphatic rings. The first-order valence-electron chi connectivity index (χ1n) is 4.34. The van der Waals surface area contributed by atoms with Gasteiger partial charge in [0.05, 0.1) is 4.92 Å². The molecule has 1 rings (SSSR count). The maximum atomic E-state index is 11.3. The van der Waals surface area contributed by atoms with Crippen LogP contribution in [-0.4, -0.2) is 23.1 Å². The second-order valence-electron chi connectivity index (χ2n) is 3.47. The van der Waals surface area contributed by atoms with E-state index in [2.05, 4.69) is 5.10 Å². The van der Waals surface area contributed by atoms with Crippen LogP contribution in [-0.2, 0) is 9.05 Å². The molecule has 0 radical (unpaired) electrons. The van der Waals surface area contributed by atoms with Crippen LogP contribution in [0.3, 0.4) is 0 Å². The lowest BCUT2D eigenvalue weighted by Gasteiger charge is -2.06. The Balaban J connectivity index is 3.70. The molecular weight excluding hydrogens is 258 g/mol. The van der Waals surface area contributed by atoms with E-state index in [1.165, 1.54) is 6.92 Å². The summed E-state index contributed by atoms with van der Waals surface area (Å²) in [7, 11) is 0.975. The molecule has 0 atom stereocenters. The monoisotopic (exact) mass is 267 g/mol. The van der Waals surface area contributed by atoms with Crippen LogP contribution in [0, 0.1) is 17.0 Å². The Kier molecular flexibility index (Phi) is 3.25.